The van der Waals surface area contributed by atoms with Gasteiger partial charge in [0.1, 0.15) is 18.1 Å². The van der Waals surface area contributed by atoms with E-state index in [0.29, 0.717) is 58.5 Å². The molecule has 1 unspecified atom stereocenters. The molecule has 4 atom stereocenters. The van der Waals surface area contributed by atoms with Crippen LogP contribution in [0.1, 0.15) is 96.6 Å². The normalized spacial score (nSPS) is 21.3. The second-order valence-corrected chi connectivity index (χ2v) is 21.1. The van der Waals surface area contributed by atoms with Crippen LogP contribution >= 0.6 is 0 Å². The van der Waals surface area contributed by atoms with Crippen LogP contribution in [0.2, 0.25) is 0 Å². The Balaban J connectivity index is 1.12. The van der Waals surface area contributed by atoms with Crippen molar-refractivity contribution in [3.05, 3.63) is 90.3 Å². The Morgan fingerprint density at radius 3 is 2.43 bits per heavy atom. The van der Waals surface area contributed by atoms with Gasteiger partial charge < -0.3 is 34.1 Å². The number of urea groups is 1. The summed E-state index contributed by atoms with van der Waals surface area (Å²) in [5.41, 5.74) is 10.5. The highest BCUT2D eigenvalue weighted by atomic mass is 16.5. The molecule has 2 aromatic heterocycles. The number of cyclic esters (lactones) is 1. The minimum absolute atomic E-state index is 0.0355. The second kappa shape index (κ2) is 20.7. The summed E-state index contributed by atoms with van der Waals surface area (Å²) in [4.78, 5) is 80.0. The number of nitrogens with zero attached hydrogens (tertiary/aromatic N) is 6. The topological polar surface area (TPSA) is 159 Å². The van der Waals surface area contributed by atoms with Crippen molar-refractivity contribution in [2.24, 2.45) is 16.7 Å². The van der Waals surface area contributed by atoms with Crippen LogP contribution in [-0.2, 0) is 48.0 Å². The van der Waals surface area contributed by atoms with Crippen LogP contribution in [0.3, 0.4) is 0 Å². The number of hydrogen-bond acceptors (Lipinski definition) is 9. The van der Waals surface area contributed by atoms with Crippen molar-refractivity contribution >= 4 is 40.6 Å². The van der Waals surface area contributed by atoms with Gasteiger partial charge in [0.15, 0.2) is 0 Å². The summed E-state index contributed by atoms with van der Waals surface area (Å²) in [7, 11) is 3.35. The van der Waals surface area contributed by atoms with E-state index in [0.717, 1.165) is 69.4 Å². The number of likely N-dealkylation sites (N-methyl/N-ethyl adjacent to an activating group) is 1. The Bertz CT molecular complexity index is 2630. The zero-order chi connectivity index (χ0) is 50.1. The maximum absolute atomic E-state index is 14.8. The molecule has 4 aliphatic rings. The van der Waals surface area contributed by atoms with Crippen LogP contribution in [0.4, 0.5) is 4.79 Å². The largest absolute Gasteiger partial charge is 0.464 e. The number of esters is 1. The van der Waals surface area contributed by atoms with Gasteiger partial charge in [-0.05, 0) is 116 Å². The first-order valence-electron chi connectivity index (χ1n) is 25.2. The molecule has 374 valence electrons. The van der Waals surface area contributed by atoms with E-state index in [1.165, 1.54) is 16.0 Å². The highest BCUT2D eigenvalue weighted by molar-refractivity contribution is 5.96. The monoisotopic (exact) mass is 957 g/mol. The van der Waals surface area contributed by atoms with Gasteiger partial charge in [0.25, 0.3) is 5.91 Å². The second-order valence-electron chi connectivity index (χ2n) is 21.1. The number of hydrogen-bond donors (Lipinski definition) is 2. The van der Waals surface area contributed by atoms with Crippen molar-refractivity contribution in [1.29, 1.82) is 0 Å². The third-order valence-corrected chi connectivity index (χ3v) is 15.3. The minimum Gasteiger partial charge on any atom is -0.464 e. The minimum atomic E-state index is -1.04. The lowest BCUT2D eigenvalue weighted by molar-refractivity contribution is -0.155. The molecule has 4 aliphatic heterocycles. The van der Waals surface area contributed by atoms with E-state index < -0.39 is 35.4 Å². The fourth-order valence-electron chi connectivity index (χ4n) is 11.3. The number of amides is 5. The molecule has 2 aromatic carbocycles. The highest BCUT2D eigenvalue weighted by Gasteiger charge is 2.44. The number of nitrogens with one attached hydrogen (secondary N) is 2. The fourth-order valence-corrected chi connectivity index (χ4v) is 11.3. The van der Waals surface area contributed by atoms with Crippen LogP contribution in [0.5, 0.6) is 0 Å². The maximum atomic E-state index is 14.8. The number of piperidine rings is 1. The molecule has 6 bridgehead atoms. The van der Waals surface area contributed by atoms with Crippen molar-refractivity contribution in [3.63, 3.8) is 0 Å². The number of carbonyl (C=O) groups excluding carboxylic acids is 5. The first-order chi connectivity index (χ1) is 33.5. The summed E-state index contributed by atoms with van der Waals surface area (Å²) in [6.07, 6.45) is 7.10. The van der Waals surface area contributed by atoms with E-state index in [1.54, 1.807) is 25.3 Å². The smallest absolute Gasteiger partial charge is 0.324 e. The van der Waals surface area contributed by atoms with Gasteiger partial charge in [-0.1, -0.05) is 64.6 Å². The molecular weight excluding hydrogens is 885 g/mol. The number of benzene rings is 2. The van der Waals surface area contributed by atoms with E-state index in [1.807, 2.05) is 43.9 Å². The molecule has 6 heterocycles. The molecule has 3 fully saturated rings. The van der Waals surface area contributed by atoms with E-state index >= 15 is 0 Å². The average molecular weight is 957 g/mol. The lowest BCUT2D eigenvalue weighted by Crippen LogP contribution is -2.62. The fraction of sp³-hybridized carbons (Fsp3) is 0.527. The molecular formula is C55H72N8O7. The van der Waals surface area contributed by atoms with E-state index in [2.05, 4.69) is 79.1 Å². The summed E-state index contributed by atoms with van der Waals surface area (Å²) >= 11 is 0. The number of ether oxygens (including phenoxy) is 2. The number of rotatable bonds is 9. The van der Waals surface area contributed by atoms with Crippen LogP contribution in [0.25, 0.3) is 33.3 Å². The van der Waals surface area contributed by atoms with Gasteiger partial charge in [-0.25, -0.2) is 10.2 Å². The van der Waals surface area contributed by atoms with Crippen LogP contribution in [0.15, 0.2) is 73.4 Å². The Kier molecular flexibility index (Phi) is 14.9. The molecule has 3 saturated heterocycles. The Labute approximate surface area is 412 Å². The number of carbonyl (C=O) groups is 5. The first-order valence-corrected chi connectivity index (χ1v) is 25.2. The number of aryl methyl sites for hydroxylation is 1. The number of hydrazine groups is 1. The highest BCUT2D eigenvalue weighted by Crippen LogP contribution is 2.43. The number of methoxy groups -OCH3 is 1. The third-order valence-electron chi connectivity index (χ3n) is 15.3. The van der Waals surface area contributed by atoms with Gasteiger partial charge in [-0.15, -0.1) is 0 Å². The number of fused-ring (bicyclic) bond motifs is 6. The molecule has 2 N–H and O–H groups in total. The predicted octanol–water partition coefficient (Wildman–Crippen LogP) is 7.32. The Morgan fingerprint density at radius 1 is 1.00 bits per heavy atom. The van der Waals surface area contributed by atoms with Crippen molar-refractivity contribution < 1.29 is 33.4 Å². The quantitative estimate of drug-likeness (QED) is 0.130. The van der Waals surface area contributed by atoms with Crippen LogP contribution in [-0.4, -0.2) is 131 Å². The van der Waals surface area contributed by atoms with E-state index in [4.69, 9.17) is 14.5 Å². The van der Waals surface area contributed by atoms with Gasteiger partial charge in [0.05, 0.1) is 24.1 Å². The van der Waals surface area contributed by atoms with E-state index in [-0.39, 0.29) is 48.3 Å². The average Bonchev–Trinajstić information content (AvgIpc) is 3.91. The van der Waals surface area contributed by atoms with Gasteiger partial charge in [0, 0.05) is 87.9 Å². The van der Waals surface area contributed by atoms with Gasteiger partial charge in [0.2, 0.25) is 11.8 Å². The zero-order valence-corrected chi connectivity index (χ0v) is 42.4. The summed E-state index contributed by atoms with van der Waals surface area (Å²) < 4.78 is 14.3. The molecule has 15 nitrogen and oxygen atoms in total. The maximum Gasteiger partial charge on any atom is 0.324 e. The Hall–Kier alpha value is -6.06. The number of likely N-dealkylation sites (tertiary alicyclic amines) is 2. The lowest BCUT2D eigenvalue weighted by atomic mass is 9.78. The molecule has 15 heteroatoms. The zero-order valence-electron chi connectivity index (χ0n) is 42.4. The lowest BCUT2D eigenvalue weighted by Gasteiger charge is -2.42. The van der Waals surface area contributed by atoms with E-state index in [9.17, 15) is 24.0 Å². The summed E-state index contributed by atoms with van der Waals surface area (Å²) in [6, 6.07) is 15.8. The summed E-state index contributed by atoms with van der Waals surface area (Å²) in [5, 5.41) is 5.65. The molecule has 4 aromatic rings. The molecule has 1 spiro atoms. The van der Waals surface area contributed by atoms with Crippen molar-refractivity contribution in [1.82, 2.24) is 40.0 Å². The van der Waals surface area contributed by atoms with Gasteiger partial charge in [-0.2, -0.15) is 0 Å². The molecule has 70 heavy (non-hydrogen) atoms. The van der Waals surface area contributed by atoms with Gasteiger partial charge in [-0.3, -0.25) is 29.2 Å². The molecule has 8 rings (SSSR count). The standard InChI is InChI=1S/C55H72N8O7/c1-10-46(64)61-28-23-55(33-61)21-26-60(27-22-55)53(68)59(8)48(35(3)4)50(65)57-44-30-37-15-12-16-38(29-37)39-19-20-45-41(31-39)42(49(62(45)11-2)40-17-13-24-56-47(40)36(5)69-9)32-54(6,7)34-70-52(67)43-18-14-25-63(58-43)51(44)66/h10,12-13,15-17,19-20,24,29,31,35-36,43-44,48,58H,1,11,14,18,21-23,25-28,30,32-34H2,2-9H3,(H,57,65)/t36-,43-,44-,48?/m0/s1. The molecule has 0 radical (unpaired) electrons. The molecule has 5 amide bonds. The van der Waals surface area contributed by atoms with Crippen molar-refractivity contribution in [3.8, 4) is 22.4 Å². The van der Waals surface area contributed by atoms with Crippen LogP contribution in [0, 0.1) is 16.7 Å². The summed E-state index contributed by atoms with van der Waals surface area (Å²) in [6.45, 7) is 19.4. The number of pyridine rings is 1. The van der Waals surface area contributed by atoms with Crippen LogP contribution < -0.4 is 10.7 Å². The van der Waals surface area contributed by atoms with Crippen molar-refractivity contribution in [2.45, 2.75) is 117 Å². The first kappa shape index (κ1) is 50.3. The van der Waals surface area contributed by atoms with Gasteiger partial charge >= 0.3 is 12.0 Å². The SMILES string of the molecule is C=CC(=O)N1CCC2(CCN(C(=O)N(C)C(C(=O)N[C@H]3Cc4cccc(c4)-c4ccc5c(c4)c(c(-c4cccnc4[C@H](C)OC)n5CC)CC(C)(C)COC(=O)[C@@H]4CCCN(N4)C3=O)C(C)C)CC2)C1. The van der Waals surface area contributed by atoms with Crippen molar-refractivity contribution in [2.75, 3.05) is 53.5 Å². The predicted molar refractivity (Wildman–Crippen MR) is 270 cm³/mol. The molecule has 0 aliphatic carbocycles. The third kappa shape index (κ3) is 10.2. The Morgan fingerprint density at radius 2 is 1.73 bits per heavy atom. The summed E-state index contributed by atoms with van der Waals surface area (Å²) in [5.74, 6) is -1.62. The number of aromatic nitrogens is 2. The molecule has 0 saturated carbocycles.